The van der Waals surface area contributed by atoms with Gasteiger partial charge in [0, 0.05) is 37.1 Å². The number of benzene rings is 1. The number of aromatic nitrogens is 2. The number of aryl methyl sites for hydroxylation is 1. The van der Waals surface area contributed by atoms with E-state index in [1.54, 1.807) is 17.0 Å². The molecule has 0 bridgehead atoms. The molecule has 2 aromatic rings. The number of unbranched alkanes of at least 4 members (excludes halogenated alkanes) is 3. The van der Waals surface area contributed by atoms with Crippen LogP contribution in [-0.2, 0) is 16.1 Å². The molecular formula is C23H31BrN4O3. The Bertz CT molecular complexity index is 975. The SMILES string of the molecule is CCCCCCNC(=O)C1CCCN(C(=O)CCn2cnc3ccc(Br)cc3c2=O)C1. The molecule has 0 radical (unpaired) electrons. The molecule has 1 aliphatic rings. The number of piperidine rings is 1. The van der Waals surface area contributed by atoms with Crippen molar-refractivity contribution in [3.63, 3.8) is 0 Å². The van der Waals surface area contributed by atoms with E-state index >= 15 is 0 Å². The van der Waals surface area contributed by atoms with Gasteiger partial charge in [0.05, 0.1) is 23.1 Å². The van der Waals surface area contributed by atoms with Crippen LogP contribution in [0.3, 0.4) is 0 Å². The second kappa shape index (κ2) is 11.4. The van der Waals surface area contributed by atoms with E-state index in [0.717, 1.165) is 30.2 Å². The third kappa shape index (κ3) is 6.38. The second-order valence-corrected chi connectivity index (χ2v) is 9.10. The molecule has 1 aromatic carbocycles. The summed E-state index contributed by atoms with van der Waals surface area (Å²) in [6.07, 6.45) is 7.84. The maximum Gasteiger partial charge on any atom is 0.261 e. The number of hydrogen-bond acceptors (Lipinski definition) is 4. The number of fused-ring (bicyclic) bond motifs is 1. The van der Waals surface area contributed by atoms with E-state index in [-0.39, 0.29) is 36.3 Å². The van der Waals surface area contributed by atoms with Gasteiger partial charge >= 0.3 is 0 Å². The third-order valence-corrected chi connectivity index (χ3v) is 6.32. The zero-order valence-electron chi connectivity index (χ0n) is 18.1. The van der Waals surface area contributed by atoms with Crippen molar-refractivity contribution in [3.8, 4) is 0 Å². The maximum atomic E-state index is 12.8. The van der Waals surface area contributed by atoms with Gasteiger partial charge in [0.1, 0.15) is 0 Å². The van der Waals surface area contributed by atoms with Crippen molar-refractivity contribution in [2.24, 2.45) is 5.92 Å². The predicted octanol–water partition coefficient (Wildman–Crippen LogP) is 3.48. The van der Waals surface area contributed by atoms with Gasteiger partial charge < -0.3 is 10.2 Å². The van der Waals surface area contributed by atoms with Crippen LogP contribution in [0.2, 0.25) is 0 Å². The molecule has 8 heteroatoms. The minimum atomic E-state index is -0.155. The Balaban J connectivity index is 1.52. The molecule has 2 amide bonds. The first-order valence-electron chi connectivity index (χ1n) is 11.2. The number of halogens is 1. The Kier molecular flexibility index (Phi) is 8.63. The van der Waals surface area contributed by atoms with E-state index in [4.69, 9.17) is 0 Å². The van der Waals surface area contributed by atoms with Crippen LogP contribution in [0.5, 0.6) is 0 Å². The fourth-order valence-electron chi connectivity index (χ4n) is 3.99. The molecule has 2 heterocycles. The molecule has 1 N–H and O–H groups in total. The normalized spacial score (nSPS) is 16.5. The van der Waals surface area contributed by atoms with Gasteiger partial charge in [-0.1, -0.05) is 42.1 Å². The largest absolute Gasteiger partial charge is 0.356 e. The average molecular weight is 491 g/mol. The zero-order chi connectivity index (χ0) is 22.2. The second-order valence-electron chi connectivity index (χ2n) is 8.19. The molecule has 0 saturated carbocycles. The van der Waals surface area contributed by atoms with Crippen LogP contribution in [-0.4, -0.2) is 45.9 Å². The molecule has 7 nitrogen and oxygen atoms in total. The summed E-state index contributed by atoms with van der Waals surface area (Å²) in [5.41, 5.74) is 0.480. The number of likely N-dealkylation sites (tertiary alicyclic amines) is 1. The van der Waals surface area contributed by atoms with Crippen LogP contribution in [0.1, 0.15) is 51.9 Å². The van der Waals surface area contributed by atoms with E-state index in [2.05, 4.69) is 33.2 Å². The number of hydrogen-bond donors (Lipinski definition) is 1. The van der Waals surface area contributed by atoms with Crippen molar-refractivity contribution in [1.82, 2.24) is 19.8 Å². The first-order valence-corrected chi connectivity index (χ1v) is 12.0. The number of carbonyl (C=O) groups excluding carboxylic acids is 2. The minimum absolute atomic E-state index is 0.0262. The number of nitrogens with one attached hydrogen (secondary N) is 1. The topological polar surface area (TPSA) is 84.3 Å². The molecule has 1 atom stereocenters. The van der Waals surface area contributed by atoms with Crippen LogP contribution in [0, 0.1) is 5.92 Å². The number of carbonyl (C=O) groups is 2. The van der Waals surface area contributed by atoms with E-state index in [9.17, 15) is 14.4 Å². The Hall–Kier alpha value is -2.22. The summed E-state index contributed by atoms with van der Waals surface area (Å²) in [6, 6.07) is 5.38. The van der Waals surface area contributed by atoms with Crippen LogP contribution < -0.4 is 10.9 Å². The smallest absolute Gasteiger partial charge is 0.261 e. The van der Waals surface area contributed by atoms with Gasteiger partial charge in [-0.3, -0.25) is 19.0 Å². The highest BCUT2D eigenvalue weighted by atomic mass is 79.9. The first-order chi connectivity index (χ1) is 15.0. The van der Waals surface area contributed by atoms with Crippen molar-refractivity contribution in [2.45, 2.75) is 58.4 Å². The molecular weight excluding hydrogens is 460 g/mol. The Labute approximate surface area is 191 Å². The van der Waals surface area contributed by atoms with Crippen molar-refractivity contribution in [2.75, 3.05) is 19.6 Å². The standard InChI is InChI=1S/C23H31BrN4O3/c1-2-3-4-5-11-25-22(30)17-7-6-12-27(15-17)21(29)10-13-28-16-26-20-9-8-18(24)14-19(20)23(28)31/h8-9,14,16-17H,2-7,10-13,15H2,1H3,(H,25,30). The van der Waals surface area contributed by atoms with E-state index in [1.165, 1.54) is 23.7 Å². The molecule has 1 saturated heterocycles. The lowest BCUT2D eigenvalue weighted by Crippen LogP contribution is -2.45. The van der Waals surface area contributed by atoms with Gasteiger partial charge in [-0.2, -0.15) is 0 Å². The van der Waals surface area contributed by atoms with E-state index < -0.39 is 0 Å². The average Bonchev–Trinajstić information content (AvgIpc) is 2.78. The highest BCUT2D eigenvalue weighted by molar-refractivity contribution is 9.10. The molecule has 31 heavy (non-hydrogen) atoms. The summed E-state index contributed by atoms with van der Waals surface area (Å²) < 4.78 is 2.30. The third-order valence-electron chi connectivity index (χ3n) is 5.83. The van der Waals surface area contributed by atoms with Crippen LogP contribution >= 0.6 is 15.9 Å². The van der Waals surface area contributed by atoms with Gasteiger partial charge in [-0.05, 0) is 37.5 Å². The highest BCUT2D eigenvalue weighted by Gasteiger charge is 2.28. The van der Waals surface area contributed by atoms with Crippen LogP contribution in [0.15, 0.2) is 33.8 Å². The van der Waals surface area contributed by atoms with Gasteiger partial charge in [0.25, 0.3) is 5.56 Å². The van der Waals surface area contributed by atoms with E-state index in [0.29, 0.717) is 30.5 Å². The molecule has 1 fully saturated rings. The molecule has 1 aromatic heterocycles. The molecule has 3 rings (SSSR count). The lowest BCUT2D eigenvalue weighted by atomic mass is 9.96. The summed E-state index contributed by atoms with van der Waals surface area (Å²) in [6.45, 7) is 4.27. The van der Waals surface area contributed by atoms with Crippen LogP contribution in [0.25, 0.3) is 10.9 Å². The Morgan fingerprint density at radius 2 is 2.10 bits per heavy atom. The van der Waals surface area contributed by atoms with Crippen molar-refractivity contribution >= 4 is 38.6 Å². The first kappa shape index (κ1) is 23.4. The number of rotatable bonds is 9. The van der Waals surface area contributed by atoms with Gasteiger partial charge in [0.2, 0.25) is 11.8 Å². The monoisotopic (exact) mass is 490 g/mol. The van der Waals surface area contributed by atoms with Gasteiger partial charge in [-0.15, -0.1) is 0 Å². The van der Waals surface area contributed by atoms with E-state index in [1.807, 2.05) is 6.07 Å². The molecule has 0 aliphatic carbocycles. The lowest BCUT2D eigenvalue weighted by Gasteiger charge is -2.32. The lowest BCUT2D eigenvalue weighted by molar-refractivity contribution is -0.135. The predicted molar refractivity (Wildman–Crippen MR) is 125 cm³/mol. The van der Waals surface area contributed by atoms with Crippen molar-refractivity contribution in [1.29, 1.82) is 0 Å². The molecule has 0 spiro atoms. The molecule has 168 valence electrons. The molecule has 1 aliphatic heterocycles. The fourth-order valence-corrected chi connectivity index (χ4v) is 4.35. The summed E-state index contributed by atoms with van der Waals surface area (Å²) in [4.78, 5) is 44.0. The number of amides is 2. The van der Waals surface area contributed by atoms with Gasteiger partial charge in [0.15, 0.2) is 0 Å². The summed E-state index contributed by atoms with van der Waals surface area (Å²) >= 11 is 3.38. The Morgan fingerprint density at radius 1 is 1.26 bits per heavy atom. The quantitative estimate of drug-likeness (QED) is 0.545. The number of nitrogens with zero attached hydrogens (tertiary/aromatic N) is 3. The Morgan fingerprint density at radius 3 is 2.90 bits per heavy atom. The van der Waals surface area contributed by atoms with Crippen molar-refractivity contribution in [3.05, 3.63) is 39.4 Å². The zero-order valence-corrected chi connectivity index (χ0v) is 19.7. The maximum absolute atomic E-state index is 12.8. The summed E-state index contributed by atoms with van der Waals surface area (Å²) in [5, 5.41) is 3.55. The summed E-state index contributed by atoms with van der Waals surface area (Å²) in [5.74, 6) is -0.123. The van der Waals surface area contributed by atoms with Crippen LogP contribution in [0.4, 0.5) is 0 Å². The highest BCUT2D eigenvalue weighted by Crippen LogP contribution is 2.18. The molecule has 1 unspecified atom stereocenters. The fraction of sp³-hybridized carbons (Fsp3) is 0.565. The van der Waals surface area contributed by atoms with Gasteiger partial charge in [-0.25, -0.2) is 4.98 Å². The van der Waals surface area contributed by atoms with Crippen molar-refractivity contribution < 1.29 is 9.59 Å². The summed E-state index contributed by atoms with van der Waals surface area (Å²) in [7, 11) is 0. The minimum Gasteiger partial charge on any atom is -0.356 e.